The molecular formula is C11H18N4O. The Morgan fingerprint density at radius 3 is 2.88 bits per heavy atom. The summed E-state index contributed by atoms with van der Waals surface area (Å²) in [7, 11) is 1.78. The Morgan fingerprint density at radius 1 is 1.56 bits per heavy atom. The largest absolute Gasteiger partial charge is 0.336 e. The van der Waals surface area contributed by atoms with Crippen molar-refractivity contribution in [3.63, 3.8) is 0 Å². The number of likely N-dealkylation sites (tertiary alicyclic amines) is 1. The maximum Gasteiger partial charge on any atom is 0.272 e. The van der Waals surface area contributed by atoms with Crippen molar-refractivity contribution in [3.05, 3.63) is 18.0 Å². The lowest BCUT2D eigenvalue weighted by atomic mass is 9.96. The van der Waals surface area contributed by atoms with E-state index in [1.54, 1.807) is 24.0 Å². The molecular weight excluding hydrogens is 204 g/mol. The molecule has 0 saturated carbocycles. The topological polar surface area (TPSA) is 64.2 Å². The van der Waals surface area contributed by atoms with Gasteiger partial charge in [0, 0.05) is 32.4 Å². The predicted octanol–water partition coefficient (Wildman–Crippen LogP) is 0.229. The summed E-state index contributed by atoms with van der Waals surface area (Å²) in [5.74, 6) is 0.503. The van der Waals surface area contributed by atoms with Crippen LogP contribution in [0.15, 0.2) is 12.3 Å². The number of rotatable bonds is 1. The molecule has 0 spiro atoms. The van der Waals surface area contributed by atoms with Gasteiger partial charge in [-0.3, -0.25) is 9.48 Å². The molecule has 2 unspecified atom stereocenters. The summed E-state index contributed by atoms with van der Waals surface area (Å²) in [4.78, 5) is 14.0. The van der Waals surface area contributed by atoms with Crippen LogP contribution in [0.1, 0.15) is 23.8 Å². The smallest absolute Gasteiger partial charge is 0.272 e. The molecule has 5 nitrogen and oxygen atoms in total. The summed E-state index contributed by atoms with van der Waals surface area (Å²) in [6.45, 7) is 3.56. The summed E-state index contributed by atoms with van der Waals surface area (Å²) < 4.78 is 1.60. The van der Waals surface area contributed by atoms with E-state index in [0.29, 0.717) is 18.2 Å². The Labute approximate surface area is 95.2 Å². The normalized spacial score (nSPS) is 25.8. The molecule has 1 fully saturated rings. The number of carbonyl (C=O) groups is 1. The first-order valence-electron chi connectivity index (χ1n) is 5.60. The van der Waals surface area contributed by atoms with E-state index in [2.05, 4.69) is 12.0 Å². The maximum atomic E-state index is 12.2. The van der Waals surface area contributed by atoms with Crippen LogP contribution in [0.2, 0.25) is 0 Å². The molecule has 1 aliphatic heterocycles. The molecule has 5 heteroatoms. The number of nitrogens with two attached hydrogens (primary N) is 1. The van der Waals surface area contributed by atoms with Crippen molar-refractivity contribution < 1.29 is 4.79 Å². The number of amides is 1. The van der Waals surface area contributed by atoms with Crippen LogP contribution in [-0.4, -0.2) is 39.7 Å². The van der Waals surface area contributed by atoms with Crippen LogP contribution >= 0.6 is 0 Å². The van der Waals surface area contributed by atoms with Gasteiger partial charge >= 0.3 is 0 Å². The van der Waals surface area contributed by atoms with Crippen LogP contribution in [0.5, 0.6) is 0 Å². The van der Waals surface area contributed by atoms with Crippen molar-refractivity contribution in [3.8, 4) is 0 Å². The highest BCUT2D eigenvalue weighted by Crippen LogP contribution is 2.17. The van der Waals surface area contributed by atoms with Gasteiger partial charge in [0.15, 0.2) is 0 Å². The van der Waals surface area contributed by atoms with Crippen LogP contribution in [0.4, 0.5) is 0 Å². The summed E-state index contributed by atoms with van der Waals surface area (Å²) >= 11 is 0. The summed E-state index contributed by atoms with van der Waals surface area (Å²) in [5.41, 5.74) is 6.55. The van der Waals surface area contributed by atoms with Gasteiger partial charge in [-0.15, -0.1) is 0 Å². The third-order valence-corrected chi connectivity index (χ3v) is 3.02. The van der Waals surface area contributed by atoms with E-state index in [0.717, 1.165) is 13.0 Å². The van der Waals surface area contributed by atoms with E-state index < -0.39 is 0 Å². The fourth-order valence-corrected chi connectivity index (χ4v) is 2.31. The second-order valence-electron chi connectivity index (χ2n) is 4.65. The van der Waals surface area contributed by atoms with E-state index in [9.17, 15) is 4.79 Å². The molecule has 16 heavy (non-hydrogen) atoms. The van der Waals surface area contributed by atoms with Gasteiger partial charge in [0.1, 0.15) is 5.69 Å². The summed E-state index contributed by atoms with van der Waals surface area (Å²) in [6, 6.07) is 1.84. The highest BCUT2D eigenvalue weighted by Gasteiger charge is 2.27. The molecule has 1 saturated heterocycles. The molecule has 0 aromatic carbocycles. The number of aromatic nitrogens is 2. The van der Waals surface area contributed by atoms with Gasteiger partial charge in [0.05, 0.1) is 0 Å². The van der Waals surface area contributed by atoms with Crippen LogP contribution in [0.3, 0.4) is 0 Å². The first-order chi connectivity index (χ1) is 7.58. The van der Waals surface area contributed by atoms with Crippen LogP contribution in [0, 0.1) is 5.92 Å². The monoisotopic (exact) mass is 222 g/mol. The van der Waals surface area contributed by atoms with E-state index >= 15 is 0 Å². The molecule has 2 atom stereocenters. The predicted molar refractivity (Wildman–Crippen MR) is 60.9 cm³/mol. The third-order valence-electron chi connectivity index (χ3n) is 3.02. The molecule has 0 radical (unpaired) electrons. The first-order valence-corrected chi connectivity index (χ1v) is 5.60. The zero-order chi connectivity index (χ0) is 11.7. The Morgan fingerprint density at radius 2 is 2.31 bits per heavy atom. The molecule has 2 N–H and O–H groups in total. The maximum absolute atomic E-state index is 12.2. The van der Waals surface area contributed by atoms with Gasteiger partial charge in [-0.05, 0) is 18.4 Å². The molecule has 0 aliphatic carbocycles. The number of nitrogens with zero attached hydrogens (tertiary/aromatic N) is 3. The highest BCUT2D eigenvalue weighted by molar-refractivity contribution is 5.92. The average molecular weight is 222 g/mol. The second kappa shape index (κ2) is 4.25. The van der Waals surface area contributed by atoms with Gasteiger partial charge in [-0.2, -0.15) is 5.10 Å². The number of carbonyl (C=O) groups excluding carboxylic acids is 1. The van der Waals surface area contributed by atoms with E-state index in [1.165, 1.54) is 0 Å². The SMILES string of the molecule is CC1CC(N)CN(C(=O)c2ccnn2C)C1. The number of piperidine rings is 1. The Bertz CT molecular complexity index is 377. The molecule has 2 rings (SSSR count). The molecule has 1 amide bonds. The minimum absolute atomic E-state index is 0.0296. The lowest BCUT2D eigenvalue weighted by Gasteiger charge is -2.34. The van der Waals surface area contributed by atoms with Crippen LogP contribution in [-0.2, 0) is 7.05 Å². The van der Waals surface area contributed by atoms with Crippen LogP contribution in [0.25, 0.3) is 0 Å². The Hall–Kier alpha value is -1.36. The van der Waals surface area contributed by atoms with Gasteiger partial charge in [0.25, 0.3) is 5.91 Å². The van der Waals surface area contributed by atoms with E-state index in [1.807, 2.05) is 4.90 Å². The highest BCUT2D eigenvalue weighted by atomic mass is 16.2. The number of aryl methyl sites for hydroxylation is 1. The van der Waals surface area contributed by atoms with Crippen molar-refractivity contribution in [2.75, 3.05) is 13.1 Å². The molecule has 1 aromatic heterocycles. The Kier molecular flexibility index (Phi) is 2.96. The van der Waals surface area contributed by atoms with E-state index in [4.69, 9.17) is 5.73 Å². The molecule has 1 aliphatic rings. The van der Waals surface area contributed by atoms with Crippen molar-refractivity contribution in [2.24, 2.45) is 18.7 Å². The quantitative estimate of drug-likeness (QED) is 0.739. The lowest BCUT2D eigenvalue weighted by Crippen LogP contribution is -2.49. The molecule has 1 aromatic rings. The van der Waals surface area contributed by atoms with Crippen molar-refractivity contribution >= 4 is 5.91 Å². The van der Waals surface area contributed by atoms with Crippen molar-refractivity contribution in [1.29, 1.82) is 0 Å². The van der Waals surface area contributed by atoms with Gasteiger partial charge in [0.2, 0.25) is 0 Å². The van der Waals surface area contributed by atoms with Gasteiger partial charge in [-0.25, -0.2) is 0 Å². The molecule has 88 valence electrons. The minimum Gasteiger partial charge on any atom is -0.336 e. The van der Waals surface area contributed by atoms with Crippen molar-refractivity contribution in [1.82, 2.24) is 14.7 Å². The second-order valence-corrected chi connectivity index (χ2v) is 4.65. The third kappa shape index (κ3) is 2.09. The summed E-state index contributed by atoms with van der Waals surface area (Å²) in [6.07, 6.45) is 2.63. The number of hydrogen-bond acceptors (Lipinski definition) is 3. The molecule has 2 heterocycles. The van der Waals surface area contributed by atoms with Crippen LogP contribution < -0.4 is 5.73 Å². The lowest BCUT2D eigenvalue weighted by molar-refractivity contribution is 0.0650. The van der Waals surface area contributed by atoms with Gasteiger partial charge in [-0.1, -0.05) is 6.92 Å². The summed E-state index contributed by atoms with van der Waals surface area (Å²) in [5, 5.41) is 4.01. The van der Waals surface area contributed by atoms with Crippen molar-refractivity contribution in [2.45, 2.75) is 19.4 Å². The molecule has 0 bridgehead atoms. The first kappa shape index (κ1) is 11.1. The average Bonchev–Trinajstić information content (AvgIpc) is 2.62. The zero-order valence-corrected chi connectivity index (χ0v) is 9.76. The Balaban J connectivity index is 2.13. The van der Waals surface area contributed by atoms with E-state index in [-0.39, 0.29) is 11.9 Å². The van der Waals surface area contributed by atoms with Gasteiger partial charge < -0.3 is 10.6 Å². The minimum atomic E-state index is 0.0296. The fourth-order valence-electron chi connectivity index (χ4n) is 2.31. The number of hydrogen-bond donors (Lipinski definition) is 1. The fraction of sp³-hybridized carbons (Fsp3) is 0.636. The zero-order valence-electron chi connectivity index (χ0n) is 9.76. The standard InChI is InChI=1S/C11H18N4O/c1-8-5-9(12)7-15(6-8)11(16)10-3-4-13-14(10)2/h3-4,8-9H,5-7,12H2,1-2H3.